The number of nitrogens with one attached hydrogen (secondary N) is 1. The summed E-state index contributed by atoms with van der Waals surface area (Å²) >= 11 is 0. The number of carbonyl (C=O) groups is 2. The first-order valence-corrected chi connectivity index (χ1v) is 8.71. The molecule has 0 aromatic rings. The van der Waals surface area contributed by atoms with Gasteiger partial charge in [0.25, 0.3) is 0 Å². The van der Waals surface area contributed by atoms with Crippen LogP contribution in [-0.4, -0.2) is 43.5 Å². The minimum Gasteiger partial charge on any atom is -0.480 e. The third-order valence-corrected chi connectivity index (χ3v) is 4.98. The van der Waals surface area contributed by atoms with E-state index in [1.54, 1.807) is 0 Å². The predicted molar refractivity (Wildman–Crippen MR) is 72.7 cm³/mol. The van der Waals surface area contributed by atoms with E-state index in [2.05, 4.69) is 11.4 Å². The van der Waals surface area contributed by atoms with Gasteiger partial charge < -0.3 is 10.4 Å². The highest BCUT2D eigenvalue weighted by Crippen LogP contribution is 2.43. The molecule has 0 aromatic carbocycles. The standard InChI is InChI=1S/C13H19NO5S/c1-20(18,19)5-4-11(13(16)17)14-12(15)10-7-8-2-3-9(10)6-8/h2-3,8-11H,4-7H2,1H3,(H,14,15)(H,16,17). The first-order chi connectivity index (χ1) is 9.26. The third kappa shape index (κ3) is 3.59. The summed E-state index contributed by atoms with van der Waals surface area (Å²) in [4.78, 5) is 23.2. The van der Waals surface area contributed by atoms with Crippen molar-refractivity contribution in [3.63, 3.8) is 0 Å². The molecule has 0 spiro atoms. The molecule has 112 valence electrons. The topological polar surface area (TPSA) is 101 Å². The Morgan fingerprint density at radius 3 is 2.50 bits per heavy atom. The highest BCUT2D eigenvalue weighted by Gasteiger charge is 2.40. The zero-order valence-electron chi connectivity index (χ0n) is 11.3. The van der Waals surface area contributed by atoms with E-state index in [0.29, 0.717) is 5.92 Å². The Morgan fingerprint density at radius 2 is 2.05 bits per heavy atom. The summed E-state index contributed by atoms with van der Waals surface area (Å²) in [6.45, 7) is 0. The second kappa shape index (κ2) is 5.55. The molecule has 2 bridgehead atoms. The van der Waals surface area contributed by atoms with Gasteiger partial charge in [-0.25, -0.2) is 13.2 Å². The summed E-state index contributed by atoms with van der Waals surface area (Å²) in [7, 11) is -3.24. The number of carbonyl (C=O) groups excluding carboxylic acids is 1. The van der Waals surface area contributed by atoms with E-state index in [-0.39, 0.29) is 29.9 Å². The van der Waals surface area contributed by atoms with Crippen molar-refractivity contribution in [1.82, 2.24) is 5.32 Å². The number of sulfone groups is 1. The summed E-state index contributed by atoms with van der Waals surface area (Å²) in [5.74, 6) is -1.27. The normalized spacial score (nSPS) is 29.4. The Bertz CT molecular complexity index is 539. The van der Waals surface area contributed by atoms with Crippen LogP contribution in [0.5, 0.6) is 0 Å². The molecule has 2 aliphatic carbocycles. The molecule has 20 heavy (non-hydrogen) atoms. The van der Waals surface area contributed by atoms with Gasteiger partial charge in [-0.05, 0) is 31.1 Å². The van der Waals surface area contributed by atoms with Gasteiger partial charge in [0.15, 0.2) is 0 Å². The molecular weight excluding hydrogens is 282 g/mol. The van der Waals surface area contributed by atoms with Crippen molar-refractivity contribution in [2.24, 2.45) is 17.8 Å². The van der Waals surface area contributed by atoms with Crippen LogP contribution in [0.15, 0.2) is 12.2 Å². The molecule has 2 aliphatic rings. The van der Waals surface area contributed by atoms with Crippen molar-refractivity contribution in [2.45, 2.75) is 25.3 Å². The van der Waals surface area contributed by atoms with Crippen LogP contribution in [0.2, 0.25) is 0 Å². The Kier molecular flexibility index (Phi) is 4.17. The van der Waals surface area contributed by atoms with Crippen LogP contribution in [0.25, 0.3) is 0 Å². The molecule has 1 amide bonds. The van der Waals surface area contributed by atoms with E-state index in [0.717, 1.165) is 19.1 Å². The molecule has 4 unspecified atom stereocenters. The van der Waals surface area contributed by atoms with E-state index < -0.39 is 21.8 Å². The molecule has 7 heteroatoms. The van der Waals surface area contributed by atoms with Crippen LogP contribution < -0.4 is 5.32 Å². The number of hydrogen-bond donors (Lipinski definition) is 2. The van der Waals surface area contributed by atoms with E-state index in [1.807, 2.05) is 6.08 Å². The number of rotatable bonds is 6. The van der Waals surface area contributed by atoms with Crippen molar-refractivity contribution in [2.75, 3.05) is 12.0 Å². The average molecular weight is 301 g/mol. The Morgan fingerprint density at radius 1 is 1.35 bits per heavy atom. The Labute approximate surface area is 118 Å². The van der Waals surface area contributed by atoms with Gasteiger partial charge in [0.2, 0.25) is 5.91 Å². The smallest absolute Gasteiger partial charge is 0.326 e. The summed E-state index contributed by atoms with van der Waals surface area (Å²) < 4.78 is 22.2. The quantitative estimate of drug-likeness (QED) is 0.683. The molecule has 0 heterocycles. The summed E-state index contributed by atoms with van der Waals surface area (Å²) in [6.07, 6.45) is 6.78. The fourth-order valence-electron chi connectivity index (χ4n) is 2.95. The summed E-state index contributed by atoms with van der Waals surface area (Å²) in [5, 5.41) is 11.5. The maximum atomic E-state index is 12.1. The number of carboxylic acid groups (broad SMARTS) is 1. The van der Waals surface area contributed by atoms with E-state index in [1.165, 1.54) is 0 Å². The van der Waals surface area contributed by atoms with Crippen LogP contribution in [0, 0.1) is 17.8 Å². The lowest BCUT2D eigenvalue weighted by molar-refractivity contribution is -0.142. The zero-order chi connectivity index (χ0) is 14.9. The molecule has 2 rings (SSSR count). The predicted octanol–water partition coefficient (Wildman–Crippen LogP) is 0.203. The fourth-order valence-corrected chi connectivity index (χ4v) is 3.61. The Balaban J connectivity index is 1.93. The van der Waals surface area contributed by atoms with Crippen LogP contribution in [-0.2, 0) is 19.4 Å². The highest BCUT2D eigenvalue weighted by molar-refractivity contribution is 7.90. The van der Waals surface area contributed by atoms with E-state index in [9.17, 15) is 18.0 Å². The van der Waals surface area contributed by atoms with Gasteiger partial charge >= 0.3 is 5.97 Å². The van der Waals surface area contributed by atoms with Gasteiger partial charge in [0, 0.05) is 12.2 Å². The number of amides is 1. The lowest BCUT2D eigenvalue weighted by Crippen LogP contribution is -2.45. The first-order valence-electron chi connectivity index (χ1n) is 6.65. The minimum atomic E-state index is -3.24. The number of aliphatic carboxylic acids is 1. The SMILES string of the molecule is CS(=O)(=O)CCC(NC(=O)C1CC2C=CC1C2)C(=O)O. The molecule has 6 nitrogen and oxygen atoms in total. The Hall–Kier alpha value is -1.37. The molecule has 1 fully saturated rings. The lowest BCUT2D eigenvalue weighted by Gasteiger charge is -2.21. The van der Waals surface area contributed by atoms with Crippen molar-refractivity contribution in [1.29, 1.82) is 0 Å². The molecule has 1 saturated carbocycles. The zero-order valence-corrected chi connectivity index (χ0v) is 12.1. The van der Waals surface area contributed by atoms with Gasteiger partial charge in [-0.2, -0.15) is 0 Å². The molecule has 4 atom stereocenters. The van der Waals surface area contributed by atoms with Gasteiger partial charge in [-0.1, -0.05) is 12.2 Å². The number of carboxylic acids is 1. The number of allylic oxidation sites excluding steroid dienone is 2. The summed E-state index contributed by atoms with van der Waals surface area (Å²) in [6, 6.07) is -1.14. The lowest BCUT2D eigenvalue weighted by atomic mass is 9.92. The van der Waals surface area contributed by atoms with Crippen molar-refractivity contribution >= 4 is 21.7 Å². The molecule has 0 radical (unpaired) electrons. The maximum absolute atomic E-state index is 12.1. The van der Waals surface area contributed by atoms with Crippen molar-refractivity contribution in [3.05, 3.63) is 12.2 Å². The molecule has 2 N–H and O–H groups in total. The van der Waals surface area contributed by atoms with E-state index >= 15 is 0 Å². The first kappa shape index (κ1) is 15.0. The van der Waals surface area contributed by atoms with Crippen LogP contribution in [0.1, 0.15) is 19.3 Å². The van der Waals surface area contributed by atoms with Crippen LogP contribution in [0.4, 0.5) is 0 Å². The van der Waals surface area contributed by atoms with Gasteiger partial charge in [0.1, 0.15) is 15.9 Å². The van der Waals surface area contributed by atoms with Gasteiger partial charge in [-0.15, -0.1) is 0 Å². The second-order valence-corrected chi connectivity index (χ2v) is 7.96. The summed E-state index contributed by atoms with van der Waals surface area (Å²) in [5.41, 5.74) is 0. The van der Waals surface area contributed by atoms with E-state index in [4.69, 9.17) is 5.11 Å². The number of fused-ring (bicyclic) bond motifs is 2. The average Bonchev–Trinajstić information content (AvgIpc) is 2.94. The molecule has 0 saturated heterocycles. The fraction of sp³-hybridized carbons (Fsp3) is 0.692. The highest BCUT2D eigenvalue weighted by atomic mass is 32.2. The van der Waals surface area contributed by atoms with Crippen LogP contribution in [0.3, 0.4) is 0 Å². The van der Waals surface area contributed by atoms with Crippen molar-refractivity contribution < 1.29 is 23.1 Å². The monoisotopic (exact) mass is 301 g/mol. The number of hydrogen-bond acceptors (Lipinski definition) is 4. The van der Waals surface area contributed by atoms with Crippen molar-refractivity contribution in [3.8, 4) is 0 Å². The second-order valence-electron chi connectivity index (χ2n) is 5.70. The minimum absolute atomic E-state index is 0.101. The largest absolute Gasteiger partial charge is 0.480 e. The van der Waals surface area contributed by atoms with Crippen LogP contribution >= 0.6 is 0 Å². The molecule has 0 aliphatic heterocycles. The van der Waals surface area contributed by atoms with Gasteiger partial charge in [-0.3, -0.25) is 4.79 Å². The maximum Gasteiger partial charge on any atom is 0.326 e. The van der Waals surface area contributed by atoms with Gasteiger partial charge in [0.05, 0.1) is 5.75 Å². The third-order valence-electron chi connectivity index (χ3n) is 4.01. The molecule has 0 aromatic heterocycles. The molecular formula is C13H19NO5S.